The molecule has 2 aliphatic heterocycles. The van der Waals surface area contributed by atoms with Crippen molar-refractivity contribution >= 4 is 38.2 Å². The highest BCUT2D eigenvalue weighted by Crippen LogP contribution is 2.27. The Morgan fingerprint density at radius 1 is 1.35 bits per heavy atom. The van der Waals surface area contributed by atoms with E-state index in [0.717, 1.165) is 5.56 Å². The van der Waals surface area contributed by atoms with E-state index in [9.17, 15) is 19.5 Å². The molecule has 0 aromatic heterocycles. The van der Waals surface area contributed by atoms with Gasteiger partial charge in [-0.2, -0.15) is 0 Å². The first-order valence-electron chi connectivity index (χ1n) is 7.47. The van der Waals surface area contributed by atoms with Crippen LogP contribution in [-0.2, 0) is 16.1 Å². The average Bonchev–Trinajstić information content (AvgIpc) is 3.07. The number of likely N-dealkylation sites (tertiary alicyclic amines) is 1. The van der Waals surface area contributed by atoms with Crippen LogP contribution in [0, 0.1) is 0 Å². The summed E-state index contributed by atoms with van der Waals surface area (Å²) >= 11 is 1.65. The van der Waals surface area contributed by atoms with Crippen molar-refractivity contribution in [1.29, 1.82) is 0 Å². The van der Waals surface area contributed by atoms with Crippen LogP contribution >= 0.6 is 22.6 Å². The number of hydrogen-bond acceptors (Lipinski definition) is 4. The zero-order chi connectivity index (χ0) is 16.7. The molecule has 0 bridgehead atoms. The minimum absolute atomic E-state index is 0.136. The predicted molar refractivity (Wildman–Crippen MR) is 90.9 cm³/mol. The van der Waals surface area contributed by atoms with Gasteiger partial charge in [0.25, 0.3) is 5.91 Å². The van der Waals surface area contributed by atoms with Gasteiger partial charge in [-0.15, -0.1) is 0 Å². The molecule has 2 aliphatic rings. The molecule has 0 saturated carbocycles. The molecular weight excluding hydrogens is 411 g/mol. The molecular formula is C16H17IN2O4. The third-order valence-corrected chi connectivity index (χ3v) is 5.22. The van der Waals surface area contributed by atoms with Gasteiger partial charge in [-0.3, -0.25) is 14.4 Å². The van der Waals surface area contributed by atoms with Crippen LogP contribution in [0.15, 0.2) is 24.3 Å². The number of benzene rings is 1. The molecule has 1 aromatic carbocycles. The van der Waals surface area contributed by atoms with Crippen molar-refractivity contribution in [2.45, 2.75) is 38.1 Å². The summed E-state index contributed by atoms with van der Waals surface area (Å²) in [6.45, 7) is 2.20. The molecule has 6 nitrogen and oxygen atoms in total. The smallest absolute Gasteiger partial charge is 0.255 e. The summed E-state index contributed by atoms with van der Waals surface area (Å²) in [5.74, 6) is -0.462. The van der Waals surface area contributed by atoms with E-state index in [0.29, 0.717) is 12.1 Å². The second-order valence-electron chi connectivity index (χ2n) is 5.97. The summed E-state index contributed by atoms with van der Waals surface area (Å²) in [5.41, 5.74) is 1.52. The second-order valence-corrected chi connectivity index (χ2v) is 7.03. The van der Waals surface area contributed by atoms with Gasteiger partial charge in [-0.25, -0.2) is 0 Å². The molecule has 0 radical (unpaired) electrons. The minimum atomic E-state index is -0.693. The normalized spacial score (nSPS) is 24.7. The maximum absolute atomic E-state index is 12.8. The summed E-state index contributed by atoms with van der Waals surface area (Å²) in [7, 11) is 0. The number of aliphatic hydroxyl groups is 1. The molecule has 1 fully saturated rings. The third kappa shape index (κ3) is 2.87. The fourth-order valence-electron chi connectivity index (χ4n) is 3.24. The quantitative estimate of drug-likeness (QED) is 0.575. The number of nitrogens with zero attached hydrogens (tertiary/aromatic N) is 2. The van der Waals surface area contributed by atoms with Crippen LogP contribution in [0.3, 0.4) is 0 Å². The number of hydrogen-bond donors (Lipinski definition) is 1. The van der Waals surface area contributed by atoms with Gasteiger partial charge < -0.3 is 14.9 Å². The maximum Gasteiger partial charge on any atom is 0.255 e. The lowest BCUT2D eigenvalue weighted by molar-refractivity contribution is -0.139. The van der Waals surface area contributed by atoms with Crippen LogP contribution in [0.4, 0.5) is 0 Å². The molecule has 0 aliphatic carbocycles. The van der Waals surface area contributed by atoms with E-state index in [-0.39, 0.29) is 28.6 Å². The molecule has 23 heavy (non-hydrogen) atoms. The first-order chi connectivity index (χ1) is 10.9. The van der Waals surface area contributed by atoms with Gasteiger partial charge in [-0.05, 0) is 18.6 Å². The molecule has 122 valence electrons. The lowest BCUT2D eigenvalue weighted by Crippen LogP contribution is -2.50. The topological polar surface area (TPSA) is 77.9 Å². The van der Waals surface area contributed by atoms with Crippen LogP contribution in [0.1, 0.15) is 29.3 Å². The minimum Gasteiger partial charge on any atom is -0.391 e. The highest BCUT2D eigenvalue weighted by molar-refractivity contribution is 14.1. The van der Waals surface area contributed by atoms with Crippen molar-refractivity contribution < 1.29 is 19.5 Å². The molecule has 1 aromatic rings. The lowest BCUT2D eigenvalue weighted by Gasteiger charge is -2.30. The summed E-state index contributed by atoms with van der Waals surface area (Å²) in [6.07, 6.45) is -0.435. The zero-order valence-corrected chi connectivity index (χ0v) is 14.8. The summed E-state index contributed by atoms with van der Waals surface area (Å²) in [6, 6.07) is 6.02. The summed E-state index contributed by atoms with van der Waals surface area (Å²) < 4.78 is -0.171. The Morgan fingerprint density at radius 3 is 2.70 bits per heavy atom. The van der Waals surface area contributed by atoms with E-state index in [1.165, 1.54) is 9.80 Å². The Balaban J connectivity index is 1.79. The van der Waals surface area contributed by atoms with Gasteiger partial charge in [0.05, 0.1) is 6.10 Å². The lowest BCUT2D eigenvalue weighted by atomic mass is 10.1. The van der Waals surface area contributed by atoms with Crippen LogP contribution < -0.4 is 0 Å². The number of carbonyl (C=O) groups excluding carboxylic acids is 3. The molecule has 1 N–H and O–H groups in total. The van der Waals surface area contributed by atoms with Crippen LogP contribution in [0.25, 0.3) is 0 Å². The first kappa shape index (κ1) is 16.4. The number of halogens is 1. The second kappa shape index (κ2) is 6.20. The van der Waals surface area contributed by atoms with Gasteiger partial charge in [0.15, 0.2) is 0 Å². The van der Waals surface area contributed by atoms with Crippen LogP contribution in [0.2, 0.25) is 0 Å². The monoisotopic (exact) mass is 428 g/mol. The van der Waals surface area contributed by atoms with E-state index in [1.54, 1.807) is 41.6 Å². The number of fused-ring (bicyclic) bond motifs is 1. The van der Waals surface area contributed by atoms with Crippen molar-refractivity contribution in [3.63, 3.8) is 0 Å². The van der Waals surface area contributed by atoms with Crippen molar-refractivity contribution in [2.24, 2.45) is 0 Å². The van der Waals surface area contributed by atoms with Crippen molar-refractivity contribution in [1.82, 2.24) is 9.80 Å². The van der Waals surface area contributed by atoms with E-state index in [2.05, 4.69) is 0 Å². The molecule has 2 heterocycles. The number of carbonyl (C=O) groups is 3. The van der Waals surface area contributed by atoms with E-state index < -0.39 is 18.2 Å². The fraction of sp³-hybridized carbons (Fsp3) is 0.438. The highest BCUT2D eigenvalue weighted by atomic mass is 127. The number of aliphatic hydroxyl groups excluding tert-OH is 1. The van der Waals surface area contributed by atoms with Gasteiger partial charge in [0.2, 0.25) is 9.70 Å². The van der Waals surface area contributed by atoms with Gasteiger partial charge in [0, 0.05) is 47.7 Å². The number of amides is 2. The molecule has 3 atom stereocenters. The molecule has 7 heteroatoms. The summed E-state index contributed by atoms with van der Waals surface area (Å²) in [5, 5.41) is 9.78. The number of rotatable bonds is 3. The number of β-amino-alcohol motifs (C(OH)–C–C–N with tert-alkyl or cyclic N) is 1. The Bertz CT molecular complexity index is 678. The Labute approximate surface area is 147 Å². The van der Waals surface area contributed by atoms with E-state index >= 15 is 0 Å². The van der Waals surface area contributed by atoms with Crippen molar-refractivity contribution in [3.8, 4) is 0 Å². The van der Waals surface area contributed by atoms with Crippen molar-refractivity contribution in [3.05, 3.63) is 35.4 Å². The van der Waals surface area contributed by atoms with Crippen molar-refractivity contribution in [2.75, 3.05) is 6.54 Å². The Kier molecular flexibility index (Phi) is 4.41. The Hall–Kier alpha value is -1.48. The largest absolute Gasteiger partial charge is 0.391 e. The molecule has 2 amide bonds. The van der Waals surface area contributed by atoms with Crippen LogP contribution in [0.5, 0.6) is 0 Å². The molecule has 0 unspecified atom stereocenters. The van der Waals surface area contributed by atoms with Gasteiger partial charge in [0.1, 0.15) is 12.1 Å². The summed E-state index contributed by atoms with van der Waals surface area (Å²) in [4.78, 5) is 39.8. The standard InChI is InChI=1S/C16H17IN2O4/c1-9(15(22)19-8-11(20)6-13(19)14(17)21)18-7-10-4-2-3-5-12(10)16(18)23/h2-5,9,11,13,20H,6-8H2,1H3/t9-,11+,13-/m0/s1. The third-order valence-electron chi connectivity index (χ3n) is 4.50. The maximum atomic E-state index is 12.8. The van der Waals surface area contributed by atoms with E-state index in [1.807, 2.05) is 12.1 Å². The zero-order valence-electron chi connectivity index (χ0n) is 12.6. The first-order valence-corrected chi connectivity index (χ1v) is 8.54. The SMILES string of the molecule is C[C@@H](C(=O)N1C[C@H](O)C[C@H]1C(=O)I)N1Cc2ccccc2C1=O. The fourth-order valence-corrected chi connectivity index (χ4v) is 3.83. The van der Waals surface area contributed by atoms with Gasteiger partial charge in [-0.1, -0.05) is 18.2 Å². The molecule has 1 saturated heterocycles. The highest BCUT2D eigenvalue weighted by Gasteiger charge is 2.42. The van der Waals surface area contributed by atoms with Gasteiger partial charge >= 0.3 is 0 Å². The predicted octanol–water partition coefficient (Wildman–Crippen LogP) is 0.954. The molecule has 0 spiro atoms. The Morgan fingerprint density at radius 2 is 2.04 bits per heavy atom. The van der Waals surface area contributed by atoms with E-state index in [4.69, 9.17) is 0 Å². The molecule has 3 rings (SSSR count). The van der Waals surface area contributed by atoms with Crippen LogP contribution in [-0.4, -0.2) is 55.2 Å². The average molecular weight is 428 g/mol.